The van der Waals surface area contributed by atoms with E-state index in [2.05, 4.69) is 26.9 Å². The van der Waals surface area contributed by atoms with Crippen molar-refractivity contribution in [1.29, 1.82) is 0 Å². The maximum atomic E-state index is 12.5. The molecule has 0 unspecified atom stereocenters. The fourth-order valence-corrected chi connectivity index (χ4v) is 3.94. The number of nitrogens with zero attached hydrogens (tertiary/aromatic N) is 5. The van der Waals surface area contributed by atoms with Gasteiger partial charge in [0.1, 0.15) is 5.69 Å². The first-order chi connectivity index (χ1) is 12.7. The third kappa shape index (κ3) is 3.26. The number of rotatable bonds is 4. The van der Waals surface area contributed by atoms with Gasteiger partial charge in [-0.2, -0.15) is 0 Å². The minimum atomic E-state index is -0.0380. The van der Waals surface area contributed by atoms with Gasteiger partial charge in [0.15, 0.2) is 0 Å². The highest BCUT2D eigenvalue weighted by Crippen LogP contribution is 2.38. The lowest BCUT2D eigenvalue weighted by Gasteiger charge is -2.58. The standard InChI is InChI=1S/C19H23N5O2/c1-23-9-5-15(12-26-17-4-2-3-6-22-17)10-19(23)13-24(14-19)18(25)16-11-20-7-8-21-16/h2-4,6-8,11,15H,5,9-10,12-14H2,1H3/t15-/m1/s1. The van der Waals surface area contributed by atoms with Gasteiger partial charge in [0.25, 0.3) is 5.91 Å². The second kappa shape index (κ2) is 6.99. The van der Waals surface area contributed by atoms with Crippen molar-refractivity contribution < 1.29 is 9.53 Å². The van der Waals surface area contributed by atoms with Gasteiger partial charge in [-0.25, -0.2) is 9.97 Å². The summed E-state index contributed by atoms with van der Waals surface area (Å²) in [4.78, 5) is 29.1. The van der Waals surface area contributed by atoms with Crippen molar-refractivity contribution in [3.8, 4) is 5.88 Å². The summed E-state index contributed by atoms with van der Waals surface area (Å²) >= 11 is 0. The second-order valence-electron chi connectivity index (χ2n) is 7.24. The van der Waals surface area contributed by atoms with Gasteiger partial charge in [-0.1, -0.05) is 6.07 Å². The molecule has 2 aliphatic rings. The predicted octanol–water partition coefficient (Wildman–Crippen LogP) is 1.49. The number of aromatic nitrogens is 3. The normalized spacial score (nSPS) is 22.0. The monoisotopic (exact) mass is 353 g/mol. The molecule has 2 aromatic rings. The maximum Gasteiger partial charge on any atom is 0.274 e. The van der Waals surface area contributed by atoms with E-state index in [4.69, 9.17) is 4.74 Å². The number of pyridine rings is 1. The number of ether oxygens (including phenoxy) is 1. The topological polar surface area (TPSA) is 71.5 Å². The molecule has 4 rings (SSSR count). The van der Waals surface area contributed by atoms with Crippen LogP contribution in [0.1, 0.15) is 23.3 Å². The Labute approximate surface area is 153 Å². The highest BCUT2D eigenvalue weighted by atomic mass is 16.5. The molecular formula is C19H23N5O2. The van der Waals surface area contributed by atoms with E-state index < -0.39 is 0 Å². The highest BCUT2D eigenvalue weighted by Gasteiger charge is 2.51. The molecule has 4 heterocycles. The summed E-state index contributed by atoms with van der Waals surface area (Å²) in [6.45, 7) is 3.16. The van der Waals surface area contributed by atoms with Crippen molar-refractivity contribution in [2.24, 2.45) is 5.92 Å². The summed E-state index contributed by atoms with van der Waals surface area (Å²) in [5.41, 5.74) is 0.463. The highest BCUT2D eigenvalue weighted by molar-refractivity contribution is 5.92. The number of piperidine rings is 1. The van der Waals surface area contributed by atoms with Gasteiger partial charge in [-0.15, -0.1) is 0 Å². The molecule has 2 saturated heterocycles. The van der Waals surface area contributed by atoms with Crippen LogP contribution in [0, 0.1) is 5.92 Å². The maximum absolute atomic E-state index is 12.5. The summed E-state index contributed by atoms with van der Waals surface area (Å²) in [5.74, 6) is 1.11. The molecule has 0 radical (unpaired) electrons. The molecule has 7 heteroatoms. The molecule has 0 saturated carbocycles. The molecule has 0 N–H and O–H groups in total. The van der Waals surface area contributed by atoms with Crippen molar-refractivity contribution in [1.82, 2.24) is 24.8 Å². The molecule has 0 aromatic carbocycles. The molecule has 1 spiro atoms. The number of carbonyl (C=O) groups excluding carboxylic acids is 1. The van der Waals surface area contributed by atoms with Gasteiger partial charge >= 0.3 is 0 Å². The molecule has 26 heavy (non-hydrogen) atoms. The first-order valence-corrected chi connectivity index (χ1v) is 8.97. The Morgan fingerprint density at radius 3 is 2.88 bits per heavy atom. The van der Waals surface area contributed by atoms with E-state index in [-0.39, 0.29) is 11.4 Å². The van der Waals surface area contributed by atoms with E-state index in [1.807, 2.05) is 23.1 Å². The van der Waals surface area contributed by atoms with Crippen LogP contribution in [0.4, 0.5) is 0 Å². The van der Waals surface area contributed by atoms with Crippen LogP contribution < -0.4 is 4.74 Å². The lowest BCUT2D eigenvalue weighted by atomic mass is 9.75. The van der Waals surface area contributed by atoms with Crippen LogP contribution in [-0.2, 0) is 0 Å². The first kappa shape index (κ1) is 16.9. The smallest absolute Gasteiger partial charge is 0.274 e. The summed E-state index contributed by atoms with van der Waals surface area (Å²) < 4.78 is 5.86. The van der Waals surface area contributed by atoms with E-state index in [0.29, 0.717) is 24.1 Å². The van der Waals surface area contributed by atoms with Crippen LogP contribution >= 0.6 is 0 Å². The molecule has 2 aromatic heterocycles. The van der Waals surface area contributed by atoms with E-state index in [0.717, 1.165) is 32.5 Å². The second-order valence-corrected chi connectivity index (χ2v) is 7.24. The average molecular weight is 353 g/mol. The van der Waals surface area contributed by atoms with Crippen LogP contribution in [0.2, 0.25) is 0 Å². The predicted molar refractivity (Wildman–Crippen MR) is 95.8 cm³/mol. The Kier molecular flexibility index (Phi) is 4.55. The van der Waals surface area contributed by atoms with Crippen LogP contribution in [0.5, 0.6) is 5.88 Å². The first-order valence-electron chi connectivity index (χ1n) is 8.97. The largest absolute Gasteiger partial charge is 0.477 e. The van der Waals surface area contributed by atoms with Crippen molar-refractivity contribution >= 4 is 5.91 Å². The lowest BCUT2D eigenvalue weighted by Crippen LogP contribution is -2.72. The zero-order valence-electron chi connectivity index (χ0n) is 14.9. The van der Waals surface area contributed by atoms with Gasteiger partial charge in [0, 0.05) is 37.7 Å². The minimum absolute atomic E-state index is 0.0380. The number of amides is 1. The van der Waals surface area contributed by atoms with Crippen LogP contribution in [-0.4, -0.2) is 69.5 Å². The van der Waals surface area contributed by atoms with E-state index in [1.165, 1.54) is 6.20 Å². The van der Waals surface area contributed by atoms with Crippen LogP contribution in [0.3, 0.4) is 0 Å². The molecule has 0 bridgehead atoms. The molecule has 7 nitrogen and oxygen atoms in total. The fraction of sp³-hybridized carbons (Fsp3) is 0.474. The molecule has 0 aliphatic carbocycles. The summed E-state index contributed by atoms with van der Waals surface area (Å²) in [6, 6.07) is 5.70. The van der Waals surface area contributed by atoms with Gasteiger partial charge < -0.3 is 9.64 Å². The molecular weight excluding hydrogens is 330 g/mol. The summed E-state index contributed by atoms with van der Waals surface area (Å²) in [7, 11) is 2.15. The van der Waals surface area contributed by atoms with E-state index in [1.54, 1.807) is 18.6 Å². The van der Waals surface area contributed by atoms with Crippen molar-refractivity contribution in [3.63, 3.8) is 0 Å². The molecule has 1 amide bonds. The fourth-order valence-electron chi connectivity index (χ4n) is 3.94. The Bertz CT molecular complexity index is 749. The number of likely N-dealkylation sites (tertiary alicyclic amines) is 2. The van der Waals surface area contributed by atoms with E-state index >= 15 is 0 Å². The zero-order chi connectivity index (χ0) is 18.0. The van der Waals surface area contributed by atoms with Gasteiger partial charge in [0.2, 0.25) is 5.88 Å². The summed E-state index contributed by atoms with van der Waals surface area (Å²) in [5, 5.41) is 0. The molecule has 136 valence electrons. The molecule has 2 aliphatic heterocycles. The van der Waals surface area contributed by atoms with Crippen molar-refractivity contribution in [3.05, 3.63) is 48.7 Å². The Morgan fingerprint density at radius 1 is 1.27 bits per heavy atom. The minimum Gasteiger partial charge on any atom is -0.477 e. The van der Waals surface area contributed by atoms with Crippen LogP contribution in [0.15, 0.2) is 43.0 Å². The zero-order valence-corrected chi connectivity index (χ0v) is 14.9. The van der Waals surface area contributed by atoms with Crippen molar-refractivity contribution in [2.45, 2.75) is 18.4 Å². The third-order valence-corrected chi connectivity index (χ3v) is 5.50. The van der Waals surface area contributed by atoms with E-state index in [9.17, 15) is 4.79 Å². The number of carbonyl (C=O) groups is 1. The Balaban J connectivity index is 1.35. The quantitative estimate of drug-likeness (QED) is 0.829. The number of likely N-dealkylation sites (N-methyl/N-ethyl adjacent to an activating group) is 1. The average Bonchev–Trinajstić information content (AvgIpc) is 2.67. The van der Waals surface area contributed by atoms with Gasteiger partial charge in [0.05, 0.1) is 18.3 Å². The molecule has 2 fully saturated rings. The van der Waals surface area contributed by atoms with Gasteiger partial charge in [-0.3, -0.25) is 14.7 Å². The van der Waals surface area contributed by atoms with Crippen molar-refractivity contribution in [2.75, 3.05) is 33.3 Å². The third-order valence-electron chi connectivity index (χ3n) is 5.50. The lowest BCUT2D eigenvalue weighted by molar-refractivity contribution is -0.0697. The molecule has 1 atom stereocenters. The van der Waals surface area contributed by atoms with Gasteiger partial charge in [-0.05, 0) is 38.4 Å². The Hall–Kier alpha value is -2.54. The SMILES string of the molecule is CN1CC[C@@H](COc2ccccn2)CC12CN(C(=O)c1cnccn1)C2. The van der Waals surface area contributed by atoms with Crippen LogP contribution in [0.25, 0.3) is 0 Å². The Morgan fingerprint density at radius 2 is 2.15 bits per heavy atom. The number of hydrogen-bond donors (Lipinski definition) is 0. The number of hydrogen-bond acceptors (Lipinski definition) is 6. The summed E-state index contributed by atoms with van der Waals surface area (Å²) in [6.07, 6.45) is 8.54.